The molecule has 0 saturated heterocycles. The fourth-order valence-electron chi connectivity index (χ4n) is 2.86. The Morgan fingerprint density at radius 1 is 1.21 bits per heavy atom. The van der Waals surface area contributed by atoms with E-state index in [1.807, 2.05) is 13.0 Å². The Kier molecular flexibility index (Phi) is 6.21. The Bertz CT molecular complexity index is 1010. The molecule has 0 radical (unpaired) electrons. The van der Waals surface area contributed by atoms with Gasteiger partial charge in [0.05, 0.1) is 23.7 Å². The molecule has 8 heteroatoms. The molecular formula is C20H22N4O4. The SMILES string of the molecule is CCN(Cc1nc2ccccc2c(=O)[nH]1)C(=O)CCCNC(=O)c1ccco1. The number of furan rings is 1. The van der Waals surface area contributed by atoms with E-state index >= 15 is 0 Å². The molecule has 0 aliphatic rings. The Hall–Kier alpha value is -3.42. The first-order valence-corrected chi connectivity index (χ1v) is 9.16. The molecule has 0 aliphatic carbocycles. The minimum atomic E-state index is -0.303. The molecule has 0 unspecified atom stereocenters. The van der Waals surface area contributed by atoms with E-state index in [0.717, 1.165) is 0 Å². The number of carbonyl (C=O) groups is 2. The molecule has 0 bridgehead atoms. The van der Waals surface area contributed by atoms with Crippen LogP contribution in [0.15, 0.2) is 51.9 Å². The van der Waals surface area contributed by atoms with E-state index < -0.39 is 0 Å². The number of nitrogens with one attached hydrogen (secondary N) is 2. The van der Waals surface area contributed by atoms with Gasteiger partial charge in [-0.25, -0.2) is 4.98 Å². The summed E-state index contributed by atoms with van der Waals surface area (Å²) in [6.07, 6.45) is 2.22. The molecule has 0 aliphatic heterocycles. The van der Waals surface area contributed by atoms with E-state index in [9.17, 15) is 14.4 Å². The molecule has 0 fully saturated rings. The van der Waals surface area contributed by atoms with Crippen molar-refractivity contribution >= 4 is 22.7 Å². The summed E-state index contributed by atoms with van der Waals surface area (Å²) in [5.74, 6) is 0.325. The molecule has 2 amide bonds. The van der Waals surface area contributed by atoms with Crippen molar-refractivity contribution in [2.24, 2.45) is 0 Å². The van der Waals surface area contributed by atoms with Crippen LogP contribution in [0.5, 0.6) is 0 Å². The van der Waals surface area contributed by atoms with Gasteiger partial charge in [-0.1, -0.05) is 12.1 Å². The zero-order valence-electron chi connectivity index (χ0n) is 15.6. The van der Waals surface area contributed by atoms with Crippen molar-refractivity contribution in [1.82, 2.24) is 20.2 Å². The normalized spacial score (nSPS) is 10.8. The minimum Gasteiger partial charge on any atom is -0.459 e. The molecule has 146 valence electrons. The topological polar surface area (TPSA) is 108 Å². The second-order valence-electron chi connectivity index (χ2n) is 6.27. The summed E-state index contributed by atoms with van der Waals surface area (Å²) in [5.41, 5.74) is 0.384. The number of nitrogens with zero attached hydrogens (tertiary/aromatic N) is 2. The van der Waals surface area contributed by atoms with Crippen molar-refractivity contribution in [3.05, 3.63) is 64.6 Å². The van der Waals surface area contributed by atoms with Gasteiger partial charge in [0.2, 0.25) is 5.91 Å². The maximum absolute atomic E-state index is 12.5. The van der Waals surface area contributed by atoms with Crippen LogP contribution in [-0.4, -0.2) is 39.8 Å². The predicted molar refractivity (Wildman–Crippen MR) is 104 cm³/mol. The van der Waals surface area contributed by atoms with Crippen LogP contribution in [0, 0.1) is 0 Å². The van der Waals surface area contributed by atoms with E-state index in [0.29, 0.717) is 36.2 Å². The van der Waals surface area contributed by atoms with E-state index in [2.05, 4.69) is 15.3 Å². The first-order valence-electron chi connectivity index (χ1n) is 9.16. The highest BCUT2D eigenvalue weighted by molar-refractivity contribution is 5.91. The van der Waals surface area contributed by atoms with Crippen LogP contribution in [0.4, 0.5) is 0 Å². The standard InChI is InChI=1S/C20H22N4O4/c1-2-24(13-17-22-15-8-4-3-7-14(15)19(26)23-17)18(25)10-5-11-21-20(27)16-9-6-12-28-16/h3-4,6-9,12H,2,5,10-11,13H2,1H3,(H,21,27)(H,22,23,26). The summed E-state index contributed by atoms with van der Waals surface area (Å²) in [6, 6.07) is 10.3. The second-order valence-corrected chi connectivity index (χ2v) is 6.27. The average molecular weight is 382 g/mol. The van der Waals surface area contributed by atoms with Crippen LogP contribution in [0.3, 0.4) is 0 Å². The van der Waals surface area contributed by atoms with Crippen LogP contribution < -0.4 is 10.9 Å². The summed E-state index contributed by atoms with van der Waals surface area (Å²) in [4.78, 5) is 45.2. The number of aromatic amines is 1. The minimum absolute atomic E-state index is 0.0643. The largest absolute Gasteiger partial charge is 0.459 e. The Labute approximate surface area is 161 Å². The lowest BCUT2D eigenvalue weighted by molar-refractivity contribution is -0.131. The van der Waals surface area contributed by atoms with Gasteiger partial charge in [0.15, 0.2) is 5.76 Å². The highest BCUT2D eigenvalue weighted by Gasteiger charge is 2.14. The summed E-state index contributed by atoms with van der Waals surface area (Å²) >= 11 is 0. The number of carbonyl (C=O) groups excluding carboxylic acids is 2. The number of fused-ring (bicyclic) bond motifs is 1. The first kappa shape index (κ1) is 19.3. The van der Waals surface area contributed by atoms with Crippen LogP contribution in [-0.2, 0) is 11.3 Å². The Morgan fingerprint density at radius 2 is 2.04 bits per heavy atom. The van der Waals surface area contributed by atoms with Gasteiger partial charge in [0.1, 0.15) is 5.82 Å². The van der Waals surface area contributed by atoms with Gasteiger partial charge in [-0.05, 0) is 37.6 Å². The third-order valence-corrected chi connectivity index (χ3v) is 4.33. The molecule has 28 heavy (non-hydrogen) atoms. The summed E-state index contributed by atoms with van der Waals surface area (Å²) in [5, 5.41) is 3.23. The zero-order chi connectivity index (χ0) is 19.9. The molecule has 0 saturated carbocycles. The maximum atomic E-state index is 12.5. The second kappa shape index (κ2) is 8.98. The lowest BCUT2D eigenvalue weighted by Gasteiger charge is -2.20. The maximum Gasteiger partial charge on any atom is 0.286 e. The average Bonchev–Trinajstić information content (AvgIpc) is 3.24. The van der Waals surface area contributed by atoms with Crippen molar-refractivity contribution in [2.75, 3.05) is 13.1 Å². The molecule has 0 atom stereocenters. The number of rotatable bonds is 8. The van der Waals surface area contributed by atoms with Crippen molar-refractivity contribution in [1.29, 1.82) is 0 Å². The fraction of sp³-hybridized carbons (Fsp3) is 0.300. The molecule has 2 N–H and O–H groups in total. The third-order valence-electron chi connectivity index (χ3n) is 4.33. The Balaban J connectivity index is 1.53. The van der Waals surface area contributed by atoms with E-state index in [-0.39, 0.29) is 36.1 Å². The van der Waals surface area contributed by atoms with E-state index in [4.69, 9.17) is 4.42 Å². The predicted octanol–water partition coefficient (Wildman–Crippen LogP) is 2.07. The number of aromatic nitrogens is 2. The number of para-hydroxylation sites is 1. The van der Waals surface area contributed by atoms with E-state index in [1.165, 1.54) is 6.26 Å². The fourth-order valence-corrected chi connectivity index (χ4v) is 2.86. The molecule has 1 aromatic carbocycles. The molecule has 2 heterocycles. The van der Waals surface area contributed by atoms with Crippen LogP contribution in [0.25, 0.3) is 10.9 Å². The van der Waals surface area contributed by atoms with Gasteiger partial charge in [0.25, 0.3) is 11.5 Å². The van der Waals surface area contributed by atoms with Crippen LogP contribution in [0.1, 0.15) is 36.1 Å². The van der Waals surface area contributed by atoms with Gasteiger partial charge in [0, 0.05) is 19.5 Å². The van der Waals surface area contributed by atoms with Gasteiger partial charge < -0.3 is 19.6 Å². The quantitative estimate of drug-likeness (QED) is 0.580. The van der Waals surface area contributed by atoms with Crippen molar-refractivity contribution in [3.8, 4) is 0 Å². The van der Waals surface area contributed by atoms with E-state index in [1.54, 1.807) is 35.2 Å². The first-order chi connectivity index (χ1) is 13.6. The van der Waals surface area contributed by atoms with Gasteiger partial charge in [-0.2, -0.15) is 0 Å². The van der Waals surface area contributed by atoms with Crippen LogP contribution >= 0.6 is 0 Å². The van der Waals surface area contributed by atoms with Crippen molar-refractivity contribution in [3.63, 3.8) is 0 Å². The molecule has 8 nitrogen and oxygen atoms in total. The molecule has 0 spiro atoms. The number of benzene rings is 1. The number of amides is 2. The summed E-state index contributed by atoms with van der Waals surface area (Å²) in [7, 11) is 0. The van der Waals surface area contributed by atoms with Gasteiger partial charge >= 0.3 is 0 Å². The van der Waals surface area contributed by atoms with Crippen molar-refractivity contribution < 1.29 is 14.0 Å². The van der Waals surface area contributed by atoms with Gasteiger partial charge in [-0.3, -0.25) is 14.4 Å². The highest BCUT2D eigenvalue weighted by atomic mass is 16.3. The highest BCUT2D eigenvalue weighted by Crippen LogP contribution is 2.08. The van der Waals surface area contributed by atoms with Gasteiger partial charge in [-0.15, -0.1) is 0 Å². The molecular weight excluding hydrogens is 360 g/mol. The summed E-state index contributed by atoms with van der Waals surface area (Å²) < 4.78 is 5.01. The number of H-pyrrole nitrogens is 1. The van der Waals surface area contributed by atoms with Crippen molar-refractivity contribution in [2.45, 2.75) is 26.3 Å². The van der Waals surface area contributed by atoms with Crippen LogP contribution in [0.2, 0.25) is 0 Å². The third kappa shape index (κ3) is 4.64. The number of hydrogen-bond acceptors (Lipinski definition) is 5. The Morgan fingerprint density at radius 3 is 2.79 bits per heavy atom. The lowest BCUT2D eigenvalue weighted by atomic mass is 10.2. The molecule has 3 aromatic rings. The smallest absolute Gasteiger partial charge is 0.286 e. The monoisotopic (exact) mass is 382 g/mol. The number of hydrogen-bond donors (Lipinski definition) is 2. The summed E-state index contributed by atoms with van der Waals surface area (Å²) in [6.45, 7) is 2.96. The zero-order valence-corrected chi connectivity index (χ0v) is 15.6. The molecule has 2 aromatic heterocycles. The molecule has 3 rings (SSSR count). The lowest BCUT2D eigenvalue weighted by Crippen LogP contribution is -2.32.